The monoisotopic (exact) mass is 457 g/mol. The summed E-state index contributed by atoms with van der Waals surface area (Å²) in [6, 6.07) is 11.0. The first-order valence-corrected chi connectivity index (χ1v) is 14.4. The van der Waals surface area contributed by atoms with Gasteiger partial charge in [-0.3, -0.25) is 4.90 Å². The summed E-state index contributed by atoms with van der Waals surface area (Å²) in [5.41, 5.74) is 1.45. The van der Waals surface area contributed by atoms with Crippen molar-refractivity contribution in [1.82, 2.24) is 9.80 Å². The van der Waals surface area contributed by atoms with Crippen molar-refractivity contribution < 1.29 is 0 Å². The number of unbranched alkanes of at least 4 members (excludes halogenated alkanes) is 16. The van der Waals surface area contributed by atoms with Gasteiger partial charge < -0.3 is 4.90 Å². The Labute approximate surface area is 208 Å². The summed E-state index contributed by atoms with van der Waals surface area (Å²) in [5, 5.41) is 0. The highest BCUT2D eigenvalue weighted by Gasteiger charge is 2.06. The van der Waals surface area contributed by atoms with E-state index in [0.29, 0.717) is 0 Å². The number of hydrogen-bond donors (Lipinski definition) is 0. The molecule has 1 aromatic rings. The molecule has 0 N–H and O–H groups in total. The lowest BCUT2D eigenvalue weighted by Crippen LogP contribution is -2.26. The minimum absolute atomic E-state index is 1.08. The minimum Gasteiger partial charge on any atom is -0.309 e. The van der Waals surface area contributed by atoms with Crippen LogP contribution in [0.2, 0.25) is 0 Å². The zero-order chi connectivity index (χ0) is 23.8. The summed E-state index contributed by atoms with van der Waals surface area (Å²) in [6.45, 7) is 6.90. The highest BCUT2D eigenvalue weighted by molar-refractivity contribution is 5.14. The maximum atomic E-state index is 2.66. The molecule has 0 bridgehead atoms. The first kappa shape index (κ1) is 30.2. The molecule has 0 saturated heterocycles. The molecular formula is C31H57N2. The first-order chi connectivity index (χ1) is 16.2. The maximum Gasteiger partial charge on any atom is 0.0233 e. The van der Waals surface area contributed by atoms with Crippen LogP contribution in [0, 0.1) is 6.42 Å². The third-order valence-corrected chi connectivity index (χ3v) is 6.72. The molecule has 0 amide bonds. The molecule has 0 heterocycles. The Hall–Kier alpha value is -0.860. The summed E-state index contributed by atoms with van der Waals surface area (Å²) >= 11 is 0. The minimum atomic E-state index is 1.08. The van der Waals surface area contributed by atoms with Crippen molar-refractivity contribution in [3.8, 4) is 0 Å². The number of benzene rings is 1. The van der Waals surface area contributed by atoms with Gasteiger partial charge in [-0.1, -0.05) is 134 Å². The predicted molar refractivity (Wildman–Crippen MR) is 149 cm³/mol. The molecule has 1 rings (SSSR count). The topological polar surface area (TPSA) is 6.48 Å². The summed E-state index contributed by atoms with van der Waals surface area (Å²) in [6.07, 6.45) is 26.6. The van der Waals surface area contributed by atoms with Crippen molar-refractivity contribution in [1.29, 1.82) is 0 Å². The zero-order valence-corrected chi connectivity index (χ0v) is 22.7. The van der Waals surface area contributed by atoms with Crippen molar-refractivity contribution in [2.45, 2.75) is 123 Å². The molecule has 0 aliphatic rings. The van der Waals surface area contributed by atoms with Crippen LogP contribution in [-0.2, 0) is 6.54 Å². The van der Waals surface area contributed by atoms with E-state index in [4.69, 9.17) is 0 Å². The molecule has 33 heavy (non-hydrogen) atoms. The van der Waals surface area contributed by atoms with Gasteiger partial charge in [-0.25, -0.2) is 0 Å². The molecule has 0 saturated carbocycles. The fourth-order valence-corrected chi connectivity index (χ4v) is 4.62. The molecule has 1 radical (unpaired) electrons. The van der Waals surface area contributed by atoms with E-state index in [1.54, 1.807) is 0 Å². The second kappa shape index (κ2) is 22.9. The zero-order valence-electron chi connectivity index (χ0n) is 22.7. The quantitative estimate of drug-likeness (QED) is 0.143. The SMILES string of the molecule is CCCCCCCCCCCCCCCCCCN(CC[CH]CN(C)C)Cc1ccccc1. The maximum absolute atomic E-state index is 2.66. The molecule has 0 spiro atoms. The van der Waals surface area contributed by atoms with Crippen LogP contribution in [0.5, 0.6) is 0 Å². The Morgan fingerprint density at radius 3 is 1.58 bits per heavy atom. The van der Waals surface area contributed by atoms with Crippen LogP contribution < -0.4 is 0 Å². The molecule has 1 aromatic carbocycles. The Balaban J connectivity index is 1.99. The number of rotatable bonds is 24. The van der Waals surface area contributed by atoms with Crippen molar-refractivity contribution in [3.05, 3.63) is 42.3 Å². The molecule has 0 aliphatic heterocycles. The van der Waals surface area contributed by atoms with Crippen molar-refractivity contribution in [2.24, 2.45) is 0 Å². The van der Waals surface area contributed by atoms with E-state index in [2.05, 4.69) is 67.6 Å². The third-order valence-electron chi connectivity index (χ3n) is 6.72. The highest BCUT2D eigenvalue weighted by Crippen LogP contribution is 2.14. The number of hydrogen-bond acceptors (Lipinski definition) is 2. The average Bonchev–Trinajstić information content (AvgIpc) is 2.81. The molecular weight excluding hydrogens is 400 g/mol. The third kappa shape index (κ3) is 20.2. The van der Waals surface area contributed by atoms with E-state index < -0.39 is 0 Å². The summed E-state index contributed by atoms with van der Waals surface area (Å²) in [4.78, 5) is 4.91. The fourth-order valence-electron chi connectivity index (χ4n) is 4.62. The normalized spacial score (nSPS) is 11.7. The van der Waals surface area contributed by atoms with E-state index in [0.717, 1.165) is 13.1 Å². The second-order valence-electron chi connectivity index (χ2n) is 10.4. The second-order valence-corrected chi connectivity index (χ2v) is 10.4. The fraction of sp³-hybridized carbons (Fsp3) is 0.774. The van der Waals surface area contributed by atoms with Gasteiger partial charge in [-0.05, 0) is 52.0 Å². The lowest BCUT2D eigenvalue weighted by Gasteiger charge is -2.23. The van der Waals surface area contributed by atoms with E-state index in [9.17, 15) is 0 Å². The van der Waals surface area contributed by atoms with Crippen LogP contribution in [0.4, 0.5) is 0 Å². The van der Waals surface area contributed by atoms with Crippen LogP contribution >= 0.6 is 0 Å². The van der Waals surface area contributed by atoms with Crippen molar-refractivity contribution in [3.63, 3.8) is 0 Å². The van der Waals surface area contributed by atoms with Crippen molar-refractivity contribution in [2.75, 3.05) is 33.7 Å². The summed E-state index contributed by atoms with van der Waals surface area (Å²) in [5.74, 6) is 0. The number of nitrogens with zero attached hydrogens (tertiary/aromatic N) is 2. The van der Waals surface area contributed by atoms with Gasteiger partial charge in [0.05, 0.1) is 0 Å². The van der Waals surface area contributed by atoms with Crippen LogP contribution in [0.1, 0.15) is 122 Å². The van der Waals surface area contributed by atoms with Crippen LogP contribution in [0.25, 0.3) is 0 Å². The molecule has 0 aliphatic carbocycles. The predicted octanol–water partition coefficient (Wildman–Crippen LogP) is 8.91. The van der Waals surface area contributed by atoms with Crippen LogP contribution in [0.3, 0.4) is 0 Å². The molecule has 2 nitrogen and oxygen atoms in total. The molecule has 0 atom stereocenters. The van der Waals surface area contributed by atoms with E-state index in [-0.39, 0.29) is 0 Å². The Kier molecular flexibility index (Phi) is 20.9. The summed E-state index contributed by atoms with van der Waals surface area (Å²) < 4.78 is 0. The Morgan fingerprint density at radius 1 is 0.606 bits per heavy atom. The van der Waals surface area contributed by atoms with E-state index in [1.165, 1.54) is 128 Å². The van der Waals surface area contributed by atoms with Gasteiger partial charge in [0.15, 0.2) is 0 Å². The van der Waals surface area contributed by atoms with Gasteiger partial charge in [0.1, 0.15) is 0 Å². The van der Waals surface area contributed by atoms with Crippen LogP contribution in [0.15, 0.2) is 30.3 Å². The highest BCUT2D eigenvalue weighted by atomic mass is 15.1. The standard InChI is InChI=1S/C31H57N2/c1-4-5-6-7-8-9-10-11-12-13-14-15-16-17-18-22-28-33(29-24-23-27-32(2)3)30-31-25-20-19-21-26-31/h19-21,23,25-26H,4-18,22,24,27-30H2,1-3H3. The van der Waals surface area contributed by atoms with Gasteiger partial charge in [0.2, 0.25) is 0 Å². The molecule has 0 unspecified atom stereocenters. The van der Waals surface area contributed by atoms with Crippen LogP contribution in [-0.4, -0.2) is 43.5 Å². The van der Waals surface area contributed by atoms with E-state index in [1.807, 2.05) is 0 Å². The van der Waals surface area contributed by atoms with Gasteiger partial charge in [0.25, 0.3) is 0 Å². The molecule has 0 fully saturated rings. The van der Waals surface area contributed by atoms with Gasteiger partial charge in [-0.2, -0.15) is 0 Å². The Morgan fingerprint density at radius 2 is 1.09 bits per heavy atom. The van der Waals surface area contributed by atoms with Crippen molar-refractivity contribution >= 4 is 0 Å². The van der Waals surface area contributed by atoms with E-state index >= 15 is 0 Å². The molecule has 0 aromatic heterocycles. The first-order valence-electron chi connectivity index (χ1n) is 14.4. The largest absolute Gasteiger partial charge is 0.309 e. The summed E-state index contributed by atoms with van der Waals surface area (Å²) in [7, 11) is 4.30. The molecule has 191 valence electrons. The smallest absolute Gasteiger partial charge is 0.0233 e. The molecule has 2 heteroatoms. The lowest BCUT2D eigenvalue weighted by atomic mass is 10.0. The van der Waals surface area contributed by atoms with Gasteiger partial charge >= 0.3 is 0 Å². The van der Waals surface area contributed by atoms with Gasteiger partial charge in [-0.15, -0.1) is 0 Å². The average molecular weight is 458 g/mol. The lowest BCUT2D eigenvalue weighted by molar-refractivity contribution is 0.258. The van der Waals surface area contributed by atoms with Gasteiger partial charge in [0, 0.05) is 13.1 Å². The Bertz CT molecular complexity index is 499.